The number of nitrogen functional groups attached to an aromatic ring is 1. The minimum absolute atomic E-state index is 0.163. The summed E-state index contributed by atoms with van der Waals surface area (Å²) in [6.07, 6.45) is 0. The minimum Gasteiger partial charge on any atom is -0.376 e. The molecule has 0 aliphatic carbocycles. The van der Waals surface area contributed by atoms with Gasteiger partial charge in [0.05, 0.1) is 6.54 Å². The number of aromatic nitrogens is 2. The third-order valence-electron chi connectivity index (χ3n) is 1.98. The van der Waals surface area contributed by atoms with E-state index in [9.17, 15) is 0 Å². The van der Waals surface area contributed by atoms with Crippen molar-refractivity contribution in [2.24, 2.45) is 0 Å². The van der Waals surface area contributed by atoms with Crippen LogP contribution in [-0.2, 0) is 6.54 Å². The van der Waals surface area contributed by atoms with Gasteiger partial charge in [-0.3, -0.25) is 0 Å². The second-order valence-electron chi connectivity index (χ2n) is 3.27. The monoisotopic (exact) mass is 204 g/mol. The maximum absolute atomic E-state index is 5.32. The molecule has 1 heterocycles. The van der Waals surface area contributed by atoms with Crippen LogP contribution in [0.1, 0.15) is 11.5 Å². The third-order valence-corrected chi connectivity index (χ3v) is 1.98. The van der Waals surface area contributed by atoms with Gasteiger partial charge in [0.2, 0.25) is 5.89 Å². The van der Waals surface area contributed by atoms with E-state index >= 15 is 0 Å². The normalized spacial score (nSPS) is 10.2. The zero-order valence-electron chi connectivity index (χ0n) is 8.40. The highest BCUT2D eigenvalue weighted by Gasteiger charge is 2.01. The molecule has 1 aromatic carbocycles. The van der Waals surface area contributed by atoms with Gasteiger partial charge >= 0.3 is 0 Å². The lowest BCUT2D eigenvalue weighted by Crippen LogP contribution is -1.99. The van der Waals surface area contributed by atoms with Gasteiger partial charge in [0.1, 0.15) is 0 Å². The van der Waals surface area contributed by atoms with Crippen molar-refractivity contribution in [2.45, 2.75) is 13.5 Å². The van der Waals surface area contributed by atoms with Crippen LogP contribution in [-0.4, -0.2) is 10.1 Å². The molecule has 0 spiro atoms. The fourth-order valence-corrected chi connectivity index (χ4v) is 1.19. The van der Waals surface area contributed by atoms with E-state index in [2.05, 4.69) is 15.5 Å². The number of rotatable bonds is 3. The van der Waals surface area contributed by atoms with Gasteiger partial charge in [0.25, 0.3) is 5.95 Å². The summed E-state index contributed by atoms with van der Waals surface area (Å²) in [4.78, 5) is 3.88. The molecule has 2 aromatic rings. The molecule has 0 atom stereocenters. The van der Waals surface area contributed by atoms with E-state index in [0.717, 1.165) is 5.69 Å². The molecule has 5 nitrogen and oxygen atoms in total. The summed E-state index contributed by atoms with van der Waals surface area (Å²) in [6, 6.07) is 8.05. The van der Waals surface area contributed by atoms with Crippen molar-refractivity contribution < 1.29 is 4.52 Å². The Kier molecular flexibility index (Phi) is 2.53. The van der Waals surface area contributed by atoms with Crippen molar-refractivity contribution in [3.63, 3.8) is 0 Å². The van der Waals surface area contributed by atoms with E-state index in [4.69, 9.17) is 10.3 Å². The fraction of sp³-hybridized carbons (Fsp3) is 0.200. The number of benzene rings is 1. The highest BCUT2D eigenvalue weighted by Crippen LogP contribution is 2.10. The Labute approximate surface area is 87.3 Å². The second-order valence-corrected chi connectivity index (χ2v) is 3.27. The van der Waals surface area contributed by atoms with Gasteiger partial charge in [-0.2, -0.15) is 4.98 Å². The van der Waals surface area contributed by atoms with Crippen molar-refractivity contribution in [2.75, 3.05) is 11.1 Å². The lowest BCUT2D eigenvalue weighted by Gasteiger charge is -2.02. The predicted octanol–water partition coefficient (Wildman–Crippen LogP) is 1.57. The first kappa shape index (κ1) is 9.51. The van der Waals surface area contributed by atoms with Crippen LogP contribution in [0.25, 0.3) is 0 Å². The van der Waals surface area contributed by atoms with Crippen LogP contribution in [0.2, 0.25) is 0 Å². The molecular weight excluding hydrogens is 192 g/mol. The molecule has 5 heteroatoms. The number of nitrogens with zero attached hydrogens (tertiary/aromatic N) is 2. The van der Waals surface area contributed by atoms with Gasteiger partial charge in [0, 0.05) is 5.69 Å². The van der Waals surface area contributed by atoms with Crippen LogP contribution in [0.5, 0.6) is 0 Å². The second kappa shape index (κ2) is 4.00. The maximum Gasteiger partial charge on any atom is 0.260 e. The summed E-state index contributed by atoms with van der Waals surface area (Å²) in [6.45, 7) is 2.52. The molecule has 0 aliphatic rings. The largest absolute Gasteiger partial charge is 0.376 e. The number of hydrogen-bond donors (Lipinski definition) is 2. The van der Waals surface area contributed by atoms with E-state index in [-0.39, 0.29) is 5.95 Å². The summed E-state index contributed by atoms with van der Waals surface area (Å²) in [5, 5.41) is 6.64. The molecule has 0 radical (unpaired) electrons. The Balaban J connectivity index is 1.96. The zero-order valence-corrected chi connectivity index (χ0v) is 8.40. The number of hydrogen-bond acceptors (Lipinski definition) is 5. The Morgan fingerprint density at radius 3 is 2.67 bits per heavy atom. The van der Waals surface area contributed by atoms with Crippen LogP contribution < -0.4 is 11.1 Å². The van der Waals surface area contributed by atoms with Crippen molar-refractivity contribution in [1.82, 2.24) is 10.1 Å². The lowest BCUT2D eigenvalue weighted by atomic mass is 10.2. The summed E-state index contributed by atoms with van der Waals surface area (Å²) < 4.78 is 4.86. The Morgan fingerprint density at radius 1 is 1.33 bits per heavy atom. The lowest BCUT2D eigenvalue weighted by molar-refractivity contribution is 0.384. The predicted molar refractivity (Wildman–Crippen MR) is 57.2 cm³/mol. The number of nitrogens with two attached hydrogens (primary N) is 1. The summed E-state index contributed by atoms with van der Waals surface area (Å²) >= 11 is 0. The maximum atomic E-state index is 5.32. The van der Waals surface area contributed by atoms with Gasteiger partial charge in [-0.1, -0.05) is 17.7 Å². The third kappa shape index (κ3) is 2.46. The van der Waals surface area contributed by atoms with Crippen molar-refractivity contribution in [3.8, 4) is 0 Å². The number of aryl methyl sites for hydroxylation is 1. The molecule has 2 rings (SSSR count). The van der Waals surface area contributed by atoms with E-state index < -0.39 is 0 Å². The molecule has 0 fully saturated rings. The van der Waals surface area contributed by atoms with Crippen molar-refractivity contribution in [1.29, 1.82) is 0 Å². The smallest absolute Gasteiger partial charge is 0.260 e. The molecular formula is C10H12N4O. The molecule has 0 bridgehead atoms. The molecule has 15 heavy (non-hydrogen) atoms. The van der Waals surface area contributed by atoms with Crippen molar-refractivity contribution in [3.05, 3.63) is 35.7 Å². The quantitative estimate of drug-likeness (QED) is 0.793. The average molecular weight is 204 g/mol. The van der Waals surface area contributed by atoms with Gasteiger partial charge in [-0.15, -0.1) is 0 Å². The Bertz CT molecular complexity index is 435. The summed E-state index contributed by atoms with van der Waals surface area (Å²) in [5.74, 6) is 0.642. The van der Waals surface area contributed by atoms with Gasteiger partial charge < -0.3 is 15.6 Å². The highest BCUT2D eigenvalue weighted by atomic mass is 16.5. The summed E-state index contributed by atoms with van der Waals surface area (Å²) in [5.41, 5.74) is 7.56. The molecule has 0 aliphatic heterocycles. The van der Waals surface area contributed by atoms with E-state index in [1.165, 1.54) is 5.56 Å². The van der Waals surface area contributed by atoms with E-state index in [1.807, 2.05) is 31.2 Å². The van der Waals surface area contributed by atoms with E-state index in [1.54, 1.807) is 0 Å². The van der Waals surface area contributed by atoms with Gasteiger partial charge in [0.15, 0.2) is 0 Å². The van der Waals surface area contributed by atoms with Crippen LogP contribution in [0, 0.1) is 6.92 Å². The minimum atomic E-state index is 0.163. The van der Waals surface area contributed by atoms with Crippen LogP contribution >= 0.6 is 0 Å². The molecule has 0 amide bonds. The van der Waals surface area contributed by atoms with Crippen LogP contribution in [0.15, 0.2) is 28.8 Å². The van der Waals surface area contributed by atoms with Crippen LogP contribution in [0.3, 0.4) is 0 Å². The first-order valence-corrected chi connectivity index (χ1v) is 4.62. The molecule has 1 aromatic heterocycles. The van der Waals surface area contributed by atoms with Gasteiger partial charge in [-0.05, 0) is 24.2 Å². The average Bonchev–Trinajstić information content (AvgIpc) is 2.64. The SMILES string of the molecule is Cc1ccc(NCc2nc(N)no2)cc1. The molecule has 0 unspecified atom stereocenters. The van der Waals surface area contributed by atoms with Gasteiger partial charge in [-0.25, -0.2) is 0 Å². The molecule has 0 saturated heterocycles. The number of nitrogens with one attached hydrogen (secondary N) is 1. The molecule has 78 valence electrons. The highest BCUT2D eigenvalue weighted by molar-refractivity contribution is 5.44. The topological polar surface area (TPSA) is 77.0 Å². The fourth-order valence-electron chi connectivity index (χ4n) is 1.19. The van der Waals surface area contributed by atoms with Crippen LogP contribution in [0.4, 0.5) is 11.6 Å². The Morgan fingerprint density at radius 2 is 2.07 bits per heavy atom. The Hall–Kier alpha value is -2.04. The molecule has 3 N–H and O–H groups in total. The molecule has 0 saturated carbocycles. The number of anilines is 2. The van der Waals surface area contributed by atoms with E-state index in [0.29, 0.717) is 12.4 Å². The summed E-state index contributed by atoms with van der Waals surface area (Å²) in [7, 11) is 0. The zero-order chi connectivity index (χ0) is 10.7. The first-order chi connectivity index (χ1) is 7.24. The van der Waals surface area contributed by atoms with Crippen molar-refractivity contribution >= 4 is 11.6 Å². The standard InChI is InChI=1S/C10H12N4O/c1-7-2-4-8(5-3-7)12-6-9-13-10(11)14-15-9/h2-5,12H,6H2,1H3,(H2,11,14). The first-order valence-electron chi connectivity index (χ1n) is 4.62.